The number of rotatable bonds is 4. The molecule has 0 aromatic carbocycles. The molecular weight excluding hydrogens is 330 g/mol. The van der Waals surface area contributed by atoms with Gasteiger partial charge in [-0.05, 0) is 66.0 Å². The van der Waals surface area contributed by atoms with Crippen molar-refractivity contribution >= 4 is 12.0 Å². The predicted molar refractivity (Wildman–Crippen MR) is 101 cm³/mol. The number of likely N-dealkylation sites (tertiary alicyclic amines) is 1. The van der Waals surface area contributed by atoms with E-state index in [-0.39, 0.29) is 11.9 Å². The van der Waals surface area contributed by atoms with Crippen LogP contribution in [0.1, 0.15) is 59.6 Å². The molecule has 1 aliphatic heterocycles. The number of ether oxygens (including phenoxy) is 1. The van der Waals surface area contributed by atoms with Gasteiger partial charge in [0.25, 0.3) is 0 Å². The van der Waals surface area contributed by atoms with Crippen LogP contribution in [0.25, 0.3) is 0 Å². The lowest BCUT2D eigenvalue weighted by Crippen LogP contribution is -2.55. The lowest BCUT2D eigenvalue weighted by molar-refractivity contribution is -0.140. The van der Waals surface area contributed by atoms with E-state index in [1.54, 1.807) is 16.0 Å². The van der Waals surface area contributed by atoms with E-state index in [1.165, 1.54) is 0 Å². The van der Waals surface area contributed by atoms with E-state index in [1.807, 2.05) is 52.8 Å². The lowest BCUT2D eigenvalue weighted by atomic mass is 10.0. The second kappa shape index (κ2) is 8.52. The number of pyridine rings is 1. The van der Waals surface area contributed by atoms with Gasteiger partial charge in [-0.1, -0.05) is 6.07 Å². The van der Waals surface area contributed by atoms with Crippen molar-refractivity contribution in [2.45, 2.75) is 78.1 Å². The topological polar surface area (TPSA) is 62.7 Å². The van der Waals surface area contributed by atoms with E-state index in [0.717, 1.165) is 18.5 Å². The summed E-state index contributed by atoms with van der Waals surface area (Å²) in [7, 11) is 0. The minimum atomic E-state index is -0.576. The maximum atomic E-state index is 13.3. The zero-order chi connectivity index (χ0) is 19.3. The zero-order valence-electron chi connectivity index (χ0n) is 16.6. The summed E-state index contributed by atoms with van der Waals surface area (Å²) >= 11 is 0. The molecule has 2 rings (SSSR count). The van der Waals surface area contributed by atoms with E-state index >= 15 is 0 Å². The molecule has 1 aromatic rings. The molecule has 2 amide bonds. The number of hydrogen-bond acceptors (Lipinski definition) is 4. The van der Waals surface area contributed by atoms with Gasteiger partial charge in [-0.2, -0.15) is 0 Å². The molecule has 1 fully saturated rings. The Kier molecular flexibility index (Phi) is 6.62. The van der Waals surface area contributed by atoms with Gasteiger partial charge in [-0.25, -0.2) is 4.79 Å². The van der Waals surface area contributed by atoms with Gasteiger partial charge in [-0.15, -0.1) is 0 Å². The van der Waals surface area contributed by atoms with E-state index < -0.39 is 17.7 Å². The number of nitrogens with zero attached hydrogens (tertiary/aromatic N) is 3. The molecule has 144 valence electrons. The first kappa shape index (κ1) is 20.2. The van der Waals surface area contributed by atoms with Crippen molar-refractivity contribution in [3.63, 3.8) is 0 Å². The van der Waals surface area contributed by atoms with Crippen LogP contribution in [0, 0.1) is 0 Å². The summed E-state index contributed by atoms with van der Waals surface area (Å²) in [6.07, 6.45) is 3.82. The van der Waals surface area contributed by atoms with E-state index in [9.17, 15) is 9.59 Å². The quantitative estimate of drug-likeness (QED) is 0.822. The van der Waals surface area contributed by atoms with Crippen LogP contribution < -0.4 is 0 Å². The summed E-state index contributed by atoms with van der Waals surface area (Å²) in [5.41, 5.74) is 0.266. The van der Waals surface area contributed by atoms with E-state index in [2.05, 4.69) is 4.98 Å². The molecule has 2 heterocycles. The van der Waals surface area contributed by atoms with Crippen LogP contribution in [0.15, 0.2) is 24.4 Å². The van der Waals surface area contributed by atoms with Crippen LogP contribution in [0.3, 0.4) is 0 Å². The molecule has 0 unspecified atom stereocenters. The fraction of sp³-hybridized carbons (Fsp3) is 0.650. The van der Waals surface area contributed by atoms with Crippen LogP contribution in [0.5, 0.6) is 0 Å². The Labute approximate surface area is 156 Å². The van der Waals surface area contributed by atoms with Crippen LogP contribution >= 0.6 is 0 Å². The van der Waals surface area contributed by atoms with Gasteiger partial charge < -0.3 is 9.64 Å². The molecule has 0 radical (unpaired) electrons. The highest BCUT2D eigenvalue weighted by molar-refractivity contribution is 5.86. The molecule has 1 aliphatic rings. The third kappa shape index (κ3) is 5.44. The Bertz CT molecular complexity index is 610. The van der Waals surface area contributed by atoms with Crippen molar-refractivity contribution in [3.8, 4) is 0 Å². The smallest absolute Gasteiger partial charge is 0.410 e. The van der Waals surface area contributed by atoms with Crippen LogP contribution in [-0.4, -0.2) is 51.0 Å². The number of piperidine rings is 1. The Balaban J connectivity index is 2.17. The zero-order valence-corrected chi connectivity index (χ0v) is 16.6. The van der Waals surface area contributed by atoms with Gasteiger partial charge in [0.2, 0.25) is 5.91 Å². The molecule has 1 saturated heterocycles. The second-order valence-corrected chi connectivity index (χ2v) is 8.07. The summed E-state index contributed by atoms with van der Waals surface area (Å²) < 4.78 is 5.52. The molecule has 26 heavy (non-hydrogen) atoms. The average Bonchev–Trinajstić information content (AvgIpc) is 2.58. The van der Waals surface area contributed by atoms with E-state index in [0.29, 0.717) is 19.5 Å². The van der Waals surface area contributed by atoms with Crippen LogP contribution in [0.4, 0.5) is 4.79 Å². The number of hydrogen-bond donors (Lipinski definition) is 0. The van der Waals surface area contributed by atoms with Crippen molar-refractivity contribution in [1.82, 2.24) is 14.8 Å². The monoisotopic (exact) mass is 361 g/mol. The lowest BCUT2D eigenvalue weighted by Gasteiger charge is -2.39. The summed E-state index contributed by atoms with van der Waals surface area (Å²) in [6.45, 7) is 10.5. The number of amides is 2. The summed E-state index contributed by atoms with van der Waals surface area (Å²) in [4.78, 5) is 33.6. The number of carbonyl (C=O) groups is 2. The fourth-order valence-electron chi connectivity index (χ4n) is 3.10. The van der Waals surface area contributed by atoms with Gasteiger partial charge in [0.05, 0.1) is 12.2 Å². The number of aromatic nitrogens is 1. The van der Waals surface area contributed by atoms with Crippen molar-refractivity contribution in [1.29, 1.82) is 0 Å². The maximum absolute atomic E-state index is 13.3. The van der Waals surface area contributed by atoms with Crippen LogP contribution in [0.2, 0.25) is 0 Å². The van der Waals surface area contributed by atoms with E-state index in [4.69, 9.17) is 4.74 Å². The third-order valence-corrected chi connectivity index (χ3v) is 4.38. The summed E-state index contributed by atoms with van der Waals surface area (Å²) in [5, 5.41) is 0. The van der Waals surface area contributed by atoms with Gasteiger partial charge in [0.1, 0.15) is 11.6 Å². The predicted octanol–water partition coefficient (Wildman–Crippen LogP) is 3.61. The first-order valence-electron chi connectivity index (χ1n) is 9.39. The largest absolute Gasteiger partial charge is 0.444 e. The van der Waals surface area contributed by atoms with Gasteiger partial charge in [-0.3, -0.25) is 14.7 Å². The fourth-order valence-corrected chi connectivity index (χ4v) is 3.10. The Morgan fingerprint density at radius 3 is 2.62 bits per heavy atom. The first-order valence-corrected chi connectivity index (χ1v) is 9.39. The minimum Gasteiger partial charge on any atom is -0.444 e. The average molecular weight is 361 g/mol. The summed E-state index contributed by atoms with van der Waals surface area (Å²) in [6, 6.07) is 5.24. The summed E-state index contributed by atoms with van der Waals surface area (Å²) in [5.74, 6) is -0.0313. The Morgan fingerprint density at radius 2 is 2.04 bits per heavy atom. The second-order valence-electron chi connectivity index (χ2n) is 8.07. The molecule has 1 atom stereocenters. The van der Waals surface area contributed by atoms with Gasteiger partial charge in [0.15, 0.2) is 0 Å². The van der Waals surface area contributed by atoms with Crippen LogP contribution in [-0.2, 0) is 16.1 Å². The van der Waals surface area contributed by atoms with Gasteiger partial charge >= 0.3 is 6.09 Å². The highest BCUT2D eigenvalue weighted by Crippen LogP contribution is 2.23. The minimum absolute atomic E-state index is 0.0203. The molecule has 0 aliphatic carbocycles. The first-order chi connectivity index (χ1) is 12.2. The Hall–Kier alpha value is -2.11. The number of carbonyl (C=O) groups excluding carboxylic acids is 2. The highest BCUT2D eigenvalue weighted by atomic mass is 16.6. The van der Waals surface area contributed by atoms with Crippen molar-refractivity contribution in [2.75, 3.05) is 6.54 Å². The SMILES string of the molecule is CC(C)N(Cc1ccccn1)C(=O)[C@@H]1CCCCN1C(=O)OC(C)(C)C. The molecule has 0 N–H and O–H groups in total. The molecule has 6 nitrogen and oxygen atoms in total. The maximum Gasteiger partial charge on any atom is 0.410 e. The molecule has 0 spiro atoms. The Morgan fingerprint density at radius 1 is 1.31 bits per heavy atom. The van der Waals surface area contributed by atoms with Crippen molar-refractivity contribution in [2.24, 2.45) is 0 Å². The highest BCUT2D eigenvalue weighted by Gasteiger charge is 2.37. The molecular formula is C20H31N3O3. The molecule has 0 bridgehead atoms. The normalized spacial score (nSPS) is 17.9. The standard InChI is InChI=1S/C20H31N3O3/c1-15(2)23(14-16-10-6-8-12-21-16)18(24)17-11-7-9-13-22(17)19(25)26-20(3,4)5/h6,8,10,12,15,17H,7,9,11,13-14H2,1-5H3/t17-/m0/s1. The van der Waals surface area contributed by atoms with Gasteiger partial charge in [0, 0.05) is 18.8 Å². The third-order valence-electron chi connectivity index (χ3n) is 4.38. The molecule has 0 saturated carbocycles. The van der Waals surface area contributed by atoms with Crippen molar-refractivity contribution < 1.29 is 14.3 Å². The van der Waals surface area contributed by atoms with Crippen molar-refractivity contribution in [3.05, 3.63) is 30.1 Å². The molecule has 1 aromatic heterocycles. The molecule has 6 heteroatoms.